The molecule has 2 N–H and O–H groups in total. The second-order valence-corrected chi connectivity index (χ2v) is 7.15. The van der Waals surface area contributed by atoms with Gasteiger partial charge in [-0.2, -0.15) is 0 Å². The lowest BCUT2D eigenvalue weighted by atomic mass is 9.98. The van der Waals surface area contributed by atoms with Crippen molar-refractivity contribution in [1.82, 2.24) is 10.2 Å². The van der Waals surface area contributed by atoms with Crippen LogP contribution in [0.3, 0.4) is 0 Å². The molecule has 112 valence electrons. The summed E-state index contributed by atoms with van der Waals surface area (Å²) in [5, 5.41) is 13.8. The van der Waals surface area contributed by atoms with Gasteiger partial charge in [0.2, 0.25) is 0 Å². The molecule has 0 amide bonds. The summed E-state index contributed by atoms with van der Waals surface area (Å²) in [6.45, 7) is 10.8. The van der Waals surface area contributed by atoms with E-state index >= 15 is 0 Å². The van der Waals surface area contributed by atoms with E-state index in [9.17, 15) is 5.11 Å². The van der Waals surface area contributed by atoms with E-state index in [1.54, 1.807) is 0 Å². The molecule has 1 aliphatic carbocycles. The van der Waals surface area contributed by atoms with Gasteiger partial charge in [-0.3, -0.25) is 0 Å². The van der Waals surface area contributed by atoms with Gasteiger partial charge in [0.1, 0.15) is 0 Å². The fourth-order valence-electron chi connectivity index (χ4n) is 3.28. The summed E-state index contributed by atoms with van der Waals surface area (Å²) in [5.74, 6) is 2.41. The first-order valence-electron chi connectivity index (χ1n) is 8.20. The third kappa shape index (κ3) is 5.05. The van der Waals surface area contributed by atoms with E-state index in [4.69, 9.17) is 0 Å². The zero-order valence-electron chi connectivity index (χ0n) is 12.9. The molecule has 0 bridgehead atoms. The third-order valence-electron chi connectivity index (χ3n) is 4.78. The first-order valence-corrected chi connectivity index (χ1v) is 8.20. The number of nitrogens with one attached hydrogen (secondary N) is 1. The maximum absolute atomic E-state index is 10.2. The van der Waals surface area contributed by atoms with Crippen LogP contribution >= 0.6 is 0 Å². The highest BCUT2D eigenvalue weighted by molar-refractivity contribution is 4.89. The zero-order chi connectivity index (χ0) is 13.8. The molecule has 1 heterocycles. The largest absolute Gasteiger partial charge is 0.390 e. The van der Waals surface area contributed by atoms with Crippen LogP contribution in [0.15, 0.2) is 0 Å². The summed E-state index contributed by atoms with van der Waals surface area (Å²) in [7, 11) is 0. The molecule has 0 aromatic carbocycles. The second-order valence-electron chi connectivity index (χ2n) is 7.15. The molecule has 2 fully saturated rings. The van der Waals surface area contributed by atoms with Crippen molar-refractivity contribution in [3.63, 3.8) is 0 Å². The van der Waals surface area contributed by atoms with E-state index in [1.807, 2.05) is 0 Å². The van der Waals surface area contributed by atoms with Crippen LogP contribution in [0.25, 0.3) is 0 Å². The van der Waals surface area contributed by atoms with E-state index in [-0.39, 0.29) is 6.10 Å². The van der Waals surface area contributed by atoms with Gasteiger partial charge in [0.05, 0.1) is 6.10 Å². The summed E-state index contributed by atoms with van der Waals surface area (Å²) < 4.78 is 0. The summed E-state index contributed by atoms with van der Waals surface area (Å²) in [6, 6.07) is 0.607. The van der Waals surface area contributed by atoms with Gasteiger partial charge in [-0.25, -0.2) is 0 Å². The summed E-state index contributed by atoms with van der Waals surface area (Å²) in [6.07, 6.45) is 5.10. The van der Waals surface area contributed by atoms with Crippen LogP contribution in [0.5, 0.6) is 0 Å². The Morgan fingerprint density at radius 1 is 1.16 bits per heavy atom. The first kappa shape index (κ1) is 15.3. The Bertz CT molecular complexity index is 255. The number of likely N-dealkylation sites (tertiary alicyclic amines) is 1. The van der Waals surface area contributed by atoms with Crippen LogP contribution in [0.4, 0.5) is 0 Å². The van der Waals surface area contributed by atoms with Crippen molar-refractivity contribution < 1.29 is 5.11 Å². The summed E-state index contributed by atoms with van der Waals surface area (Å²) >= 11 is 0. The van der Waals surface area contributed by atoms with Crippen LogP contribution in [-0.4, -0.2) is 48.3 Å². The number of piperidine rings is 1. The van der Waals surface area contributed by atoms with Crippen LogP contribution in [-0.2, 0) is 0 Å². The predicted octanol–water partition coefficient (Wildman–Crippen LogP) is 2.10. The van der Waals surface area contributed by atoms with E-state index in [0.29, 0.717) is 12.0 Å². The van der Waals surface area contributed by atoms with Crippen molar-refractivity contribution in [3.8, 4) is 0 Å². The molecule has 1 saturated carbocycles. The standard InChI is InChI=1S/C16H32N2O/c1-12(2)16(14-4-5-14)17-10-15(19)11-18-8-6-13(3)7-9-18/h12-17,19H,4-11H2,1-3H3. The molecule has 2 atom stereocenters. The Morgan fingerprint density at radius 2 is 1.79 bits per heavy atom. The minimum absolute atomic E-state index is 0.214. The number of hydrogen-bond donors (Lipinski definition) is 2. The highest BCUT2D eigenvalue weighted by Crippen LogP contribution is 2.35. The van der Waals surface area contributed by atoms with Gasteiger partial charge in [0, 0.05) is 19.1 Å². The van der Waals surface area contributed by atoms with Crippen LogP contribution < -0.4 is 5.32 Å². The topological polar surface area (TPSA) is 35.5 Å². The molecule has 0 radical (unpaired) electrons. The monoisotopic (exact) mass is 268 g/mol. The Morgan fingerprint density at radius 3 is 2.32 bits per heavy atom. The zero-order valence-corrected chi connectivity index (χ0v) is 12.9. The molecule has 0 aromatic rings. The minimum Gasteiger partial charge on any atom is -0.390 e. The molecule has 3 nitrogen and oxygen atoms in total. The molecular formula is C16H32N2O. The molecule has 2 unspecified atom stereocenters. The van der Waals surface area contributed by atoms with Crippen molar-refractivity contribution in [1.29, 1.82) is 0 Å². The van der Waals surface area contributed by atoms with Gasteiger partial charge in [-0.15, -0.1) is 0 Å². The molecule has 1 saturated heterocycles. The second kappa shape index (κ2) is 7.05. The number of hydrogen-bond acceptors (Lipinski definition) is 3. The van der Waals surface area contributed by atoms with E-state index in [2.05, 4.69) is 31.0 Å². The van der Waals surface area contributed by atoms with Crippen molar-refractivity contribution >= 4 is 0 Å². The fraction of sp³-hybridized carbons (Fsp3) is 1.00. The number of aliphatic hydroxyl groups excluding tert-OH is 1. The van der Waals surface area contributed by atoms with Gasteiger partial charge in [0.25, 0.3) is 0 Å². The minimum atomic E-state index is -0.214. The molecule has 0 spiro atoms. The lowest BCUT2D eigenvalue weighted by Gasteiger charge is -2.32. The average molecular weight is 268 g/mol. The highest BCUT2D eigenvalue weighted by Gasteiger charge is 2.33. The van der Waals surface area contributed by atoms with Crippen LogP contribution in [0.2, 0.25) is 0 Å². The number of nitrogens with zero attached hydrogens (tertiary/aromatic N) is 1. The van der Waals surface area contributed by atoms with E-state index in [0.717, 1.165) is 38.0 Å². The fourth-order valence-corrected chi connectivity index (χ4v) is 3.28. The van der Waals surface area contributed by atoms with Crippen LogP contribution in [0.1, 0.15) is 46.5 Å². The summed E-state index contributed by atoms with van der Waals surface area (Å²) in [4.78, 5) is 2.42. The maximum Gasteiger partial charge on any atom is 0.0791 e. The predicted molar refractivity (Wildman–Crippen MR) is 80.2 cm³/mol. The SMILES string of the molecule is CC1CCN(CC(O)CNC(C(C)C)C2CC2)CC1. The van der Waals surface area contributed by atoms with Crippen molar-refractivity contribution in [3.05, 3.63) is 0 Å². The van der Waals surface area contributed by atoms with Gasteiger partial charge < -0.3 is 15.3 Å². The van der Waals surface area contributed by atoms with Crippen molar-refractivity contribution in [2.75, 3.05) is 26.2 Å². The molecule has 19 heavy (non-hydrogen) atoms. The van der Waals surface area contributed by atoms with Crippen LogP contribution in [0, 0.1) is 17.8 Å². The quantitative estimate of drug-likeness (QED) is 0.742. The first-order chi connectivity index (χ1) is 9.06. The van der Waals surface area contributed by atoms with Crippen molar-refractivity contribution in [2.45, 2.75) is 58.6 Å². The normalized spacial score (nSPS) is 25.7. The lowest BCUT2D eigenvalue weighted by Crippen LogP contribution is -2.45. The molecule has 3 heteroatoms. The average Bonchev–Trinajstić information content (AvgIpc) is 3.16. The molecule has 2 rings (SSSR count). The smallest absolute Gasteiger partial charge is 0.0791 e. The number of rotatable bonds is 7. The lowest BCUT2D eigenvalue weighted by molar-refractivity contribution is 0.0866. The Hall–Kier alpha value is -0.120. The Labute approximate surface area is 118 Å². The molecular weight excluding hydrogens is 236 g/mol. The van der Waals surface area contributed by atoms with Gasteiger partial charge in [-0.1, -0.05) is 20.8 Å². The Balaban J connectivity index is 1.64. The van der Waals surface area contributed by atoms with Gasteiger partial charge in [-0.05, 0) is 56.5 Å². The number of β-amino-alcohol motifs (C(OH)–C–C–N with tert-alkyl or cyclic N) is 1. The highest BCUT2D eigenvalue weighted by atomic mass is 16.3. The number of aliphatic hydroxyl groups is 1. The van der Waals surface area contributed by atoms with Gasteiger partial charge in [0.15, 0.2) is 0 Å². The summed E-state index contributed by atoms with van der Waals surface area (Å²) in [5.41, 5.74) is 0. The van der Waals surface area contributed by atoms with E-state index < -0.39 is 0 Å². The van der Waals surface area contributed by atoms with Gasteiger partial charge >= 0.3 is 0 Å². The Kier molecular flexibility index (Phi) is 5.67. The van der Waals surface area contributed by atoms with E-state index in [1.165, 1.54) is 25.7 Å². The maximum atomic E-state index is 10.2. The molecule has 2 aliphatic rings. The molecule has 0 aromatic heterocycles. The third-order valence-corrected chi connectivity index (χ3v) is 4.78. The molecule has 1 aliphatic heterocycles. The van der Waals surface area contributed by atoms with Crippen molar-refractivity contribution in [2.24, 2.45) is 17.8 Å².